The fraction of sp³-hybridized carbons (Fsp3) is 0.120. The summed E-state index contributed by atoms with van der Waals surface area (Å²) in [4.78, 5) is 24.0. The van der Waals surface area contributed by atoms with Crippen LogP contribution in [0.3, 0.4) is 0 Å². The van der Waals surface area contributed by atoms with Crippen LogP contribution in [0.5, 0.6) is 11.5 Å². The highest BCUT2D eigenvalue weighted by atomic mass is 79.9. The number of anilines is 1. The van der Waals surface area contributed by atoms with E-state index in [-0.39, 0.29) is 6.61 Å². The van der Waals surface area contributed by atoms with E-state index in [1.165, 1.54) is 13.3 Å². The van der Waals surface area contributed by atoms with E-state index in [4.69, 9.17) is 26.3 Å². The topological polar surface area (TPSA) is 113 Å². The lowest BCUT2D eigenvalue weighted by atomic mass is 10.1. The van der Waals surface area contributed by atoms with Crippen LogP contribution < -0.4 is 20.2 Å². The number of ether oxygens (including phenoxy) is 2. The Morgan fingerprint density at radius 2 is 1.83 bits per heavy atom. The van der Waals surface area contributed by atoms with Gasteiger partial charge >= 0.3 is 0 Å². The van der Waals surface area contributed by atoms with E-state index in [9.17, 15) is 9.59 Å². The van der Waals surface area contributed by atoms with E-state index in [2.05, 4.69) is 37.8 Å². The summed E-state index contributed by atoms with van der Waals surface area (Å²) in [5, 5.41) is 16.0. The summed E-state index contributed by atoms with van der Waals surface area (Å²) in [6.45, 7) is 0.280. The van der Waals surface area contributed by atoms with Crippen molar-refractivity contribution in [2.24, 2.45) is 5.10 Å². The number of methoxy groups -OCH3 is 1. The first-order valence-corrected chi connectivity index (χ1v) is 11.4. The monoisotopic (exact) mass is 554 g/mol. The summed E-state index contributed by atoms with van der Waals surface area (Å²) >= 11 is 9.28. The molecule has 0 unspecified atom stereocenters. The Morgan fingerprint density at radius 1 is 1.11 bits per heavy atom. The predicted octanol–water partition coefficient (Wildman–Crippen LogP) is 5.04. The van der Waals surface area contributed by atoms with Crippen molar-refractivity contribution in [2.45, 2.75) is 13.0 Å². The molecule has 0 aromatic heterocycles. The van der Waals surface area contributed by atoms with E-state index >= 15 is 0 Å². The van der Waals surface area contributed by atoms with Crippen LogP contribution in [0, 0.1) is 11.3 Å². The molecule has 178 valence electrons. The van der Waals surface area contributed by atoms with Gasteiger partial charge in [-0.15, -0.1) is 0 Å². The van der Waals surface area contributed by atoms with Gasteiger partial charge in [-0.25, -0.2) is 5.43 Å². The molecule has 0 fully saturated rings. The van der Waals surface area contributed by atoms with Crippen molar-refractivity contribution in [3.05, 3.63) is 86.8 Å². The van der Waals surface area contributed by atoms with Crippen molar-refractivity contribution in [3.63, 3.8) is 0 Å². The molecule has 3 rings (SSSR count). The SMILES string of the molecule is COc1cc(C=NNC(=O)CC(=O)Nc2ccc(Cl)cc2)cc(Br)c1OCc1ccc(C#N)cc1. The van der Waals surface area contributed by atoms with Crippen molar-refractivity contribution in [3.8, 4) is 17.6 Å². The first kappa shape index (κ1) is 25.7. The summed E-state index contributed by atoms with van der Waals surface area (Å²) in [6.07, 6.45) is 1.03. The van der Waals surface area contributed by atoms with Crippen LogP contribution in [0.15, 0.2) is 70.2 Å². The molecule has 35 heavy (non-hydrogen) atoms. The summed E-state index contributed by atoms with van der Waals surface area (Å²) in [5.41, 5.74) is 4.96. The third-order valence-corrected chi connectivity index (χ3v) is 5.41. The number of benzene rings is 3. The van der Waals surface area contributed by atoms with E-state index in [0.29, 0.717) is 37.8 Å². The number of amides is 2. The molecule has 0 aliphatic rings. The van der Waals surface area contributed by atoms with E-state index in [1.807, 2.05) is 12.1 Å². The maximum absolute atomic E-state index is 12.0. The van der Waals surface area contributed by atoms with Gasteiger partial charge in [0.05, 0.1) is 29.4 Å². The standard InChI is InChI=1S/C25H20BrClN4O4/c1-34-22-11-18(10-21(26)25(22)35-15-17-4-2-16(13-28)3-5-17)14-29-31-24(33)12-23(32)30-20-8-6-19(27)7-9-20/h2-11,14H,12,15H2,1H3,(H,30,32)(H,31,33). The number of carbonyl (C=O) groups is 2. The number of hydrazone groups is 1. The molecule has 0 spiro atoms. The highest BCUT2D eigenvalue weighted by molar-refractivity contribution is 9.10. The van der Waals surface area contributed by atoms with E-state index in [1.54, 1.807) is 48.5 Å². The molecular formula is C25H20BrClN4O4. The third kappa shape index (κ3) is 7.84. The molecule has 0 saturated carbocycles. The maximum Gasteiger partial charge on any atom is 0.249 e. The van der Waals surface area contributed by atoms with Crippen molar-refractivity contribution >= 4 is 51.2 Å². The molecule has 8 nitrogen and oxygen atoms in total. The normalized spacial score (nSPS) is 10.5. The molecule has 0 radical (unpaired) electrons. The average Bonchev–Trinajstić information content (AvgIpc) is 2.84. The molecule has 0 bridgehead atoms. The summed E-state index contributed by atoms with van der Waals surface area (Å²) in [6, 6.07) is 19.1. The van der Waals surface area contributed by atoms with E-state index < -0.39 is 18.2 Å². The first-order chi connectivity index (χ1) is 16.9. The van der Waals surface area contributed by atoms with Crippen LogP contribution in [-0.4, -0.2) is 25.1 Å². The van der Waals surface area contributed by atoms with Crippen LogP contribution in [0.2, 0.25) is 5.02 Å². The molecular weight excluding hydrogens is 536 g/mol. The average molecular weight is 556 g/mol. The molecule has 2 N–H and O–H groups in total. The molecule has 0 heterocycles. The number of rotatable bonds is 9. The number of carbonyl (C=O) groups excluding carboxylic acids is 2. The van der Waals surface area contributed by atoms with Crippen molar-refractivity contribution in [2.75, 3.05) is 12.4 Å². The van der Waals surface area contributed by atoms with Gasteiger partial charge in [-0.3, -0.25) is 9.59 Å². The van der Waals surface area contributed by atoms with Gasteiger partial charge in [0.1, 0.15) is 13.0 Å². The van der Waals surface area contributed by atoms with E-state index in [0.717, 1.165) is 5.56 Å². The zero-order valence-electron chi connectivity index (χ0n) is 18.5. The first-order valence-electron chi connectivity index (χ1n) is 10.2. The van der Waals surface area contributed by atoms with Gasteiger partial charge in [0.25, 0.3) is 0 Å². The Morgan fingerprint density at radius 3 is 2.49 bits per heavy atom. The smallest absolute Gasteiger partial charge is 0.249 e. The van der Waals surface area contributed by atoms with Crippen molar-refractivity contribution < 1.29 is 19.1 Å². The van der Waals surface area contributed by atoms with Crippen molar-refractivity contribution in [1.82, 2.24) is 5.43 Å². The Hall–Kier alpha value is -3.87. The molecule has 3 aromatic rings. The van der Waals surface area contributed by atoms with Crippen LogP contribution >= 0.6 is 27.5 Å². The number of nitriles is 1. The lowest BCUT2D eigenvalue weighted by Gasteiger charge is -2.13. The maximum atomic E-state index is 12.0. The Labute approximate surface area is 215 Å². The highest BCUT2D eigenvalue weighted by Crippen LogP contribution is 2.36. The van der Waals surface area contributed by atoms with Crippen LogP contribution in [0.25, 0.3) is 0 Å². The molecule has 0 aliphatic heterocycles. The van der Waals surface area contributed by atoms with Gasteiger partial charge in [-0.1, -0.05) is 23.7 Å². The Bertz CT molecular complexity index is 1270. The molecule has 10 heteroatoms. The van der Waals surface area contributed by atoms with Gasteiger partial charge in [-0.2, -0.15) is 10.4 Å². The minimum absolute atomic E-state index is 0.280. The number of hydrogen-bond acceptors (Lipinski definition) is 6. The van der Waals surface area contributed by atoms with Gasteiger partial charge in [0, 0.05) is 10.7 Å². The quantitative estimate of drug-likeness (QED) is 0.218. The summed E-state index contributed by atoms with van der Waals surface area (Å²) < 4.78 is 11.9. The minimum Gasteiger partial charge on any atom is -0.493 e. The molecule has 3 aromatic carbocycles. The van der Waals surface area contributed by atoms with Gasteiger partial charge < -0.3 is 14.8 Å². The number of hydrogen-bond donors (Lipinski definition) is 2. The fourth-order valence-electron chi connectivity index (χ4n) is 2.89. The lowest BCUT2D eigenvalue weighted by molar-refractivity contribution is -0.126. The molecule has 2 amide bonds. The Kier molecular flexibility index (Phi) is 9.23. The summed E-state index contributed by atoms with van der Waals surface area (Å²) in [5.74, 6) is -0.0885. The third-order valence-electron chi connectivity index (χ3n) is 4.57. The second-order valence-electron chi connectivity index (χ2n) is 7.16. The van der Waals surface area contributed by atoms with Crippen LogP contribution in [-0.2, 0) is 16.2 Å². The van der Waals surface area contributed by atoms with Gasteiger partial charge in [0.15, 0.2) is 11.5 Å². The second-order valence-corrected chi connectivity index (χ2v) is 8.45. The molecule has 0 saturated heterocycles. The number of nitrogens with zero attached hydrogens (tertiary/aromatic N) is 2. The fourth-order valence-corrected chi connectivity index (χ4v) is 3.59. The second kappa shape index (κ2) is 12.6. The van der Waals surface area contributed by atoms with Gasteiger partial charge in [0.2, 0.25) is 11.8 Å². The van der Waals surface area contributed by atoms with Crippen molar-refractivity contribution in [1.29, 1.82) is 5.26 Å². The molecule has 0 atom stereocenters. The summed E-state index contributed by atoms with van der Waals surface area (Å²) in [7, 11) is 1.51. The number of halogens is 2. The van der Waals surface area contributed by atoms with Gasteiger partial charge in [-0.05, 0) is 75.6 Å². The largest absolute Gasteiger partial charge is 0.493 e. The minimum atomic E-state index is -0.568. The Balaban J connectivity index is 1.56. The zero-order chi connectivity index (χ0) is 25.2. The highest BCUT2D eigenvalue weighted by Gasteiger charge is 2.12. The predicted molar refractivity (Wildman–Crippen MR) is 137 cm³/mol. The zero-order valence-corrected chi connectivity index (χ0v) is 20.9. The lowest BCUT2D eigenvalue weighted by Crippen LogP contribution is -2.24. The molecule has 0 aliphatic carbocycles. The van der Waals surface area contributed by atoms with Crippen LogP contribution in [0.1, 0.15) is 23.1 Å². The number of nitrogens with one attached hydrogen (secondary N) is 2. The van der Waals surface area contributed by atoms with Crippen LogP contribution in [0.4, 0.5) is 5.69 Å².